The predicted octanol–water partition coefficient (Wildman–Crippen LogP) is 1.92. The van der Waals surface area contributed by atoms with Crippen LogP contribution in [0.15, 0.2) is 29.1 Å². The van der Waals surface area contributed by atoms with Crippen LogP contribution in [0.4, 0.5) is 0 Å². The van der Waals surface area contributed by atoms with Gasteiger partial charge in [0.05, 0.1) is 0 Å². The van der Waals surface area contributed by atoms with E-state index in [4.69, 9.17) is 4.74 Å². The summed E-state index contributed by atoms with van der Waals surface area (Å²) >= 11 is 0. The van der Waals surface area contributed by atoms with Crippen molar-refractivity contribution in [2.75, 3.05) is 20.3 Å². The molecule has 2 N–H and O–H groups in total. The molecule has 0 fully saturated rings. The summed E-state index contributed by atoms with van der Waals surface area (Å²) in [6, 6.07) is 7.80. The molecule has 0 radical (unpaired) electrons. The third-order valence-electron chi connectivity index (χ3n) is 3.55. The zero-order valence-corrected chi connectivity index (χ0v) is 13.1. The number of nitrogens with one attached hydrogen (secondary N) is 2. The van der Waals surface area contributed by atoms with E-state index < -0.39 is 0 Å². The molecule has 5 heteroatoms. The van der Waals surface area contributed by atoms with Crippen molar-refractivity contribution in [3.63, 3.8) is 0 Å². The number of aryl methyl sites for hydroxylation is 2. The van der Waals surface area contributed by atoms with Crippen LogP contribution in [0.25, 0.3) is 10.9 Å². The summed E-state index contributed by atoms with van der Waals surface area (Å²) in [7, 11) is 1.63. The van der Waals surface area contributed by atoms with Gasteiger partial charge in [0.1, 0.15) is 0 Å². The van der Waals surface area contributed by atoms with Crippen molar-refractivity contribution in [3.8, 4) is 0 Å². The maximum atomic E-state index is 12.1. The van der Waals surface area contributed by atoms with Gasteiger partial charge in [-0.15, -0.1) is 0 Å². The van der Waals surface area contributed by atoms with Gasteiger partial charge in [-0.2, -0.15) is 0 Å². The van der Waals surface area contributed by atoms with Gasteiger partial charge in [-0.1, -0.05) is 12.1 Å². The number of carbonyl (C=O) groups excluding carboxylic acids is 1. The van der Waals surface area contributed by atoms with Crippen LogP contribution in [-0.2, 0) is 16.0 Å². The Hall–Kier alpha value is -2.14. The van der Waals surface area contributed by atoms with E-state index in [9.17, 15) is 9.59 Å². The van der Waals surface area contributed by atoms with E-state index in [0.717, 1.165) is 22.9 Å². The third kappa shape index (κ3) is 4.43. The highest BCUT2D eigenvalue weighted by Gasteiger charge is 2.06. The van der Waals surface area contributed by atoms with Crippen LogP contribution in [0, 0.1) is 6.92 Å². The van der Waals surface area contributed by atoms with Crippen LogP contribution in [0.2, 0.25) is 0 Å². The second-order valence-corrected chi connectivity index (χ2v) is 5.41. The fourth-order valence-corrected chi connectivity index (χ4v) is 2.33. The van der Waals surface area contributed by atoms with E-state index in [1.165, 1.54) is 0 Å². The highest BCUT2D eigenvalue weighted by Crippen LogP contribution is 2.13. The Balaban J connectivity index is 1.97. The van der Waals surface area contributed by atoms with Gasteiger partial charge >= 0.3 is 0 Å². The smallest absolute Gasteiger partial charge is 0.251 e. The van der Waals surface area contributed by atoms with Gasteiger partial charge in [0.2, 0.25) is 5.91 Å². The minimum Gasteiger partial charge on any atom is -0.385 e. The predicted molar refractivity (Wildman–Crippen MR) is 87.1 cm³/mol. The lowest BCUT2D eigenvalue weighted by Crippen LogP contribution is -2.26. The fraction of sp³-hybridized carbons (Fsp3) is 0.412. The Morgan fingerprint density at radius 3 is 2.91 bits per heavy atom. The molecule has 0 saturated heterocycles. The number of aromatic amines is 1. The molecule has 2 rings (SSSR count). The van der Waals surface area contributed by atoms with Crippen molar-refractivity contribution in [2.45, 2.75) is 26.2 Å². The van der Waals surface area contributed by atoms with Gasteiger partial charge in [-0.25, -0.2) is 0 Å². The maximum Gasteiger partial charge on any atom is 0.251 e. The summed E-state index contributed by atoms with van der Waals surface area (Å²) in [4.78, 5) is 26.7. The van der Waals surface area contributed by atoms with Crippen molar-refractivity contribution < 1.29 is 9.53 Å². The van der Waals surface area contributed by atoms with E-state index in [2.05, 4.69) is 10.3 Å². The van der Waals surface area contributed by atoms with Gasteiger partial charge in [0.25, 0.3) is 5.56 Å². The number of ether oxygens (including phenoxy) is 1. The Kier molecular flexibility index (Phi) is 5.72. The maximum absolute atomic E-state index is 12.1. The molecule has 0 aliphatic heterocycles. The van der Waals surface area contributed by atoms with E-state index >= 15 is 0 Å². The number of methoxy groups -OCH3 is 1. The van der Waals surface area contributed by atoms with E-state index in [-0.39, 0.29) is 11.5 Å². The first-order valence-electron chi connectivity index (χ1n) is 7.48. The Morgan fingerprint density at radius 1 is 1.32 bits per heavy atom. The number of H-pyrrole nitrogens is 1. The molecule has 0 aliphatic carbocycles. The summed E-state index contributed by atoms with van der Waals surface area (Å²) in [5.41, 5.74) is 2.46. The zero-order chi connectivity index (χ0) is 15.9. The lowest BCUT2D eigenvalue weighted by molar-refractivity contribution is -0.121. The average molecular weight is 302 g/mol. The summed E-state index contributed by atoms with van der Waals surface area (Å²) in [6.07, 6.45) is 1.54. The molecular formula is C17H22N2O3. The molecular weight excluding hydrogens is 280 g/mol. The standard InChI is InChI=1S/C17H22N2O3/c1-12-4-5-13-11-14(17(21)19-15(13)10-12)6-7-16(20)18-8-3-9-22-2/h4-5,10-11H,3,6-9H2,1-2H3,(H,18,20)(H,19,21). The number of pyridine rings is 1. The van der Waals surface area contributed by atoms with Gasteiger partial charge < -0.3 is 15.0 Å². The molecule has 1 aromatic carbocycles. The summed E-state index contributed by atoms with van der Waals surface area (Å²) in [5.74, 6) is -0.0421. The van der Waals surface area contributed by atoms with Gasteiger partial charge in [0.15, 0.2) is 0 Å². The number of carbonyl (C=O) groups is 1. The van der Waals surface area contributed by atoms with E-state index in [1.54, 1.807) is 7.11 Å². The average Bonchev–Trinajstić information content (AvgIpc) is 2.49. The van der Waals surface area contributed by atoms with Crippen LogP contribution in [0.3, 0.4) is 0 Å². The minimum absolute atomic E-state index is 0.0421. The molecule has 22 heavy (non-hydrogen) atoms. The van der Waals surface area contributed by atoms with Crippen LogP contribution >= 0.6 is 0 Å². The molecule has 0 atom stereocenters. The van der Waals surface area contributed by atoms with E-state index in [0.29, 0.717) is 31.6 Å². The van der Waals surface area contributed by atoms with Crippen molar-refractivity contribution in [1.29, 1.82) is 0 Å². The number of hydrogen-bond donors (Lipinski definition) is 2. The largest absolute Gasteiger partial charge is 0.385 e. The number of aromatic nitrogens is 1. The molecule has 0 saturated carbocycles. The number of rotatable bonds is 7. The highest BCUT2D eigenvalue weighted by molar-refractivity contribution is 5.80. The molecule has 2 aromatic rings. The lowest BCUT2D eigenvalue weighted by atomic mass is 10.1. The molecule has 0 aliphatic rings. The Bertz CT molecular complexity index is 707. The highest BCUT2D eigenvalue weighted by atomic mass is 16.5. The van der Waals surface area contributed by atoms with Gasteiger partial charge in [-0.05, 0) is 42.8 Å². The summed E-state index contributed by atoms with van der Waals surface area (Å²) in [5, 5.41) is 3.81. The van der Waals surface area contributed by atoms with Crippen LogP contribution in [0.5, 0.6) is 0 Å². The molecule has 118 valence electrons. The van der Waals surface area contributed by atoms with Gasteiger partial charge in [0, 0.05) is 37.8 Å². The Morgan fingerprint density at radius 2 is 2.14 bits per heavy atom. The number of hydrogen-bond acceptors (Lipinski definition) is 3. The molecule has 0 spiro atoms. The summed E-state index contributed by atoms with van der Waals surface area (Å²) < 4.78 is 4.92. The number of fused-ring (bicyclic) bond motifs is 1. The molecule has 0 bridgehead atoms. The normalized spacial score (nSPS) is 10.8. The monoisotopic (exact) mass is 302 g/mol. The minimum atomic E-state index is -0.120. The lowest BCUT2D eigenvalue weighted by Gasteiger charge is -2.06. The van der Waals surface area contributed by atoms with E-state index in [1.807, 2.05) is 31.2 Å². The zero-order valence-electron chi connectivity index (χ0n) is 13.1. The van der Waals surface area contributed by atoms with Crippen molar-refractivity contribution in [3.05, 3.63) is 45.7 Å². The molecule has 0 unspecified atom stereocenters. The van der Waals surface area contributed by atoms with Gasteiger partial charge in [-0.3, -0.25) is 9.59 Å². The second kappa shape index (κ2) is 7.75. The first kappa shape index (κ1) is 16.2. The molecule has 1 amide bonds. The summed E-state index contributed by atoms with van der Waals surface area (Å²) in [6.45, 7) is 3.21. The first-order chi connectivity index (χ1) is 10.6. The van der Waals surface area contributed by atoms with Crippen molar-refractivity contribution in [2.24, 2.45) is 0 Å². The van der Waals surface area contributed by atoms with Crippen molar-refractivity contribution in [1.82, 2.24) is 10.3 Å². The Labute approximate surface area is 129 Å². The van der Waals surface area contributed by atoms with Crippen LogP contribution < -0.4 is 10.9 Å². The van der Waals surface area contributed by atoms with Crippen LogP contribution in [-0.4, -0.2) is 31.2 Å². The number of benzene rings is 1. The number of amides is 1. The molecule has 1 heterocycles. The molecule has 5 nitrogen and oxygen atoms in total. The second-order valence-electron chi connectivity index (χ2n) is 5.41. The fourth-order valence-electron chi connectivity index (χ4n) is 2.33. The van der Waals surface area contributed by atoms with Crippen molar-refractivity contribution >= 4 is 16.8 Å². The quantitative estimate of drug-likeness (QED) is 0.768. The topological polar surface area (TPSA) is 71.2 Å². The SMILES string of the molecule is COCCCNC(=O)CCc1cc2ccc(C)cc2[nH]c1=O. The third-order valence-corrected chi connectivity index (χ3v) is 3.55. The van der Waals surface area contributed by atoms with Crippen LogP contribution in [0.1, 0.15) is 24.0 Å². The molecule has 1 aromatic heterocycles. The first-order valence-corrected chi connectivity index (χ1v) is 7.48.